The molecule has 0 spiro atoms. The Hall–Kier alpha value is -3.43. The number of aromatic nitrogens is 2. The number of hydrogen-bond donors (Lipinski definition) is 3. The van der Waals surface area contributed by atoms with Gasteiger partial charge in [-0.2, -0.15) is 0 Å². The van der Waals surface area contributed by atoms with Crippen molar-refractivity contribution in [1.82, 2.24) is 10.2 Å². The smallest absolute Gasteiger partial charge is 0.311 e. The molecule has 0 unspecified atom stereocenters. The van der Waals surface area contributed by atoms with E-state index in [1.807, 2.05) is 0 Å². The number of nitrogens with one attached hydrogen (secondary N) is 2. The number of carbonyl (C=O) groups excluding carboxylic acids is 2. The van der Waals surface area contributed by atoms with E-state index in [1.54, 1.807) is 19.1 Å². The molecule has 4 N–H and O–H groups in total. The lowest BCUT2D eigenvalue weighted by atomic mass is 9.87. The highest BCUT2D eigenvalue weighted by Gasteiger charge is 2.28. The summed E-state index contributed by atoms with van der Waals surface area (Å²) in [7, 11) is 4.38. The zero-order chi connectivity index (χ0) is 21.6. The highest BCUT2D eigenvalue weighted by atomic mass is 16.5. The first kappa shape index (κ1) is 21.9. The number of carbonyl (C=O) groups is 2. The summed E-state index contributed by atoms with van der Waals surface area (Å²) in [5.74, 6) is -0.796. The number of H-pyrrole nitrogens is 2. The van der Waals surface area contributed by atoms with Gasteiger partial charge in [0.15, 0.2) is 11.5 Å². The summed E-state index contributed by atoms with van der Waals surface area (Å²) in [5.41, 5.74) is 6.04. The Morgan fingerprint density at radius 1 is 1.07 bits per heavy atom. The number of esters is 1. The molecule has 2 rings (SSSR count). The molecule has 0 saturated carbocycles. The summed E-state index contributed by atoms with van der Waals surface area (Å²) in [4.78, 5) is 36.2. The topological polar surface area (TPSA) is 146 Å². The van der Waals surface area contributed by atoms with Crippen molar-refractivity contribution in [3.8, 4) is 17.2 Å². The molecule has 0 fully saturated rings. The minimum absolute atomic E-state index is 0.165. The van der Waals surface area contributed by atoms with Crippen molar-refractivity contribution in [3.05, 3.63) is 39.3 Å². The zero-order valence-corrected chi connectivity index (χ0v) is 16.8. The van der Waals surface area contributed by atoms with E-state index in [-0.39, 0.29) is 25.0 Å². The third-order valence-corrected chi connectivity index (χ3v) is 4.37. The molecule has 0 aliphatic rings. The van der Waals surface area contributed by atoms with E-state index < -0.39 is 23.4 Å². The summed E-state index contributed by atoms with van der Waals surface area (Å²) in [6.07, 6.45) is -0.336. The molecule has 1 atom stereocenters. The van der Waals surface area contributed by atoms with Crippen molar-refractivity contribution in [2.24, 2.45) is 5.73 Å². The quantitative estimate of drug-likeness (QED) is 0.495. The molecular weight excluding hydrogens is 382 g/mol. The highest BCUT2D eigenvalue weighted by molar-refractivity contribution is 5.76. The number of nitrogens with two attached hydrogens (primary N) is 1. The van der Waals surface area contributed by atoms with Crippen molar-refractivity contribution < 1.29 is 28.5 Å². The van der Waals surface area contributed by atoms with Crippen molar-refractivity contribution >= 4 is 11.9 Å². The molecule has 1 amide bonds. The van der Waals surface area contributed by atoms with Gasteiger partial charge in [0.05, 0.1) is 40.1 Å². The maximum absolute atomic E-state index is 12.5. The third-order valence-electron chi connectivity index (χ3n) is 4.37. The van der Waals surface area contributed by atoms with E-state index in [0.29, 0.717) is 28.5 Å². The second-order valence-electron chi connectivity index (χ2n) is 6.13. The van der Waals surface area contributed by atoms with Crippen LogP contribution < -0.4 is 25.5 Å². The van der Waals surface area contributed by atoms with E-state index in [9.17, 15) is 14.4 Å². The zero-order valence-electron chi connectivity index (χ0n) is 16.8. The number of benzene rings is 1. The largest absolute Gasteiger partial charge is 0.493 e. The number of aromatic amines is 2. The Labute approximate surface area is 167 Å². The van der Waals surface area contributed by atoms with Crippen molar-refractivity contribution in [3.63, 3.8) is 0 Å². The average Bonchev–Trinajstić information content (AvgIpc) is 3.04. The molecule has 10 nitrogen and oxygen atoms in total. The summed E-state index contributed by atoms with van der Waals surface area (Å²) in [5, 5.41) is 5.15. The van der Waals surface area contributed by atoms with Gasteiger partial charge in [-0.1, -0.05) is 0 Å². The van der Waals surface area contributed by atoms with Crippen LogP contribution in [-0.2, 0) is 20.7 Å². The van der Waals surface area contributed by atoms with Gasteiger partial charge in [0, 0.05) is 17.9 Å². The first-order valence-electron chi connectivity index (χ1n) is 8.89. The fourth-order valence-electron chi connectivity index (χ4n) is 3.16. The Kier molecular flexibility index (Phi) is 7.29. The van der Waals surface area contributed by atoms with Gasteiger partial charge < -0.3 is 29.8 Å². The van der Waals surface area contributed by atoms with Crippen molar-refractivity contribution in [2.45, 2.75) is 25.7 Å². The second-order valence-corrected chi connectivity index (χ2v) is 6.13. The molecule has 10 heteroatoms. The maximum Gasteiger partial charge on any atom is 0.311 e. The molecule has 0 aliphatic heterocycles. The average molecular weight is 407 g/mol. The van der Waals surface area contributed by atoms with E-state index in [0.717, 1.165) is 0 Å². The standard InChI is InChI=1S/C19H25N3O7/c1-5-29-16(24)9-12-17(19(25)22-21-12)11(8-15(20)23)10-6-13(26-2)18(28-4)14(7-10)27-3/h6-7,11H,5,8-9H2,1-4H3,(H2,20,23)(H2,21,22,25)/t11-/m0/s1. The molecule has 2 aromatic rings. The van der Waals surface area contributed by atoms with E-state index in [1.165, 1.54) is 21.3 Å². The van der Waals surface area contributed by atoms with E-state index >= 15 is 0 Å². The maximum atomic E-state index is 12.5. The monoisotopic (exact) mass is 407 g/mol. The van der Waals surface area contributed by atoms with Gasteiger partial charge in [-0.15, -0.1) is 0 Å². The minimum atomic E-state index is -0.749. The summed E-state index contributed by atoms with van der Waals surface area (Å²) in [6, 6.07) is 3.27. The molecule has 1 heterocycles. The van der Waals surface area contributed by atoms with Crippen LogP contribution in [0.25, 0.3) is 0 Å². The van der Waals surface area contributed by atoms with Crippen LogP contribution in [0.3, 0.4) is 0 Å². The normalized spacial score (nSPS) is 11.6. The second kappa shape index (κ2) is 9.67. The summed E-state index contributed by atoms with van der Waals surface area (Å²) >= 11 is 0. The molecule has 0 saturated heterocycles. The van der Waals surface area contributed by atoms with Crippen LogP contribution in [0.4, 0.5) is 0 Å². The Morgan fingerprint density at radius 3 is 2.17 bits per heavy atom. The summed E-state index contributed by atoms with van der Waals surface area (Å²) < 4.78 is 21.0. The van der Waals surface area contributed by atoms with Gasteiger partial charge in [-0.3, -0.25) is 19.5 Å². The first-order valence-corrected chi connectivity index (χ1v) is 8.89. The number of amides is 1. The number of primary amides is 1. The third kappa shape index (κ3) is 4.89. The van der Waals surface area contributed by atoms with Gasteiger partial charge in [0.2, 0.25) is 11.7 Å². The fraction of sp³-hybridized carbons (Fsp3) is 0.421. The molecule has 29 heavy (non-hydrogen) atoms. The molecule has 1 aromatic carbocycles. The molecule has 158 valence electrons. The fourth-order valence-corrected chi connectivity index (χ4v) is 3.16. The molecular formula is C19H25N3O7. The number of hydrogen-bond acceptors (Lipinski definition) is 7. The SMILES string of the molecule is CCOC(=O)Cc1[nH][nH]c(=O)c1[C@@H](CC(N)=O)c1cc(OC)c(OC)c(OC)c1. The van der Waals surface area contributed by atoms with Crippen LogP contribution >= 0.6 is 0 Å². The first-order chi connectivity index (χ1) is 13.9. The van der Waals surface area contributed by atoms with Gasteiger partial charge in [0.1, 0.15) is 0 Å². The Balaban J connectivity index is 2.63. The van der Waals surface area contributed by atoms with Crippen LogP contribution in [-0.4, -0.2) is 50.0 Å². The Morgan fingerprint density at radius 2 is 1.69 bits per heavy atom. The summed E-state index contributed by atoms with van der Waals surface area (Å²) in [6.45, 7) is 1.89. The lowest BCUT2D eigenvalue weighted by molar-refractivity contribution is -0.142. The van der Waals surface area contributed by atoms with Gasteiger partial charge in [-0.25, -0.2) is 0 Å². The van der Waals surface area contributed by atoms with Crippen LogP contribution in [0, 0.1) is 0 Å². The van der Waals surface area contributed by atoms with Crippen LogP contribution in [0.5, 0.6) is 17.2 Å². The van der Waals surface area contributed by atoms with Crippen LogP contribution in [0.1, 0.15) is 36.1 Å². The van der Waals surface area contributed by atoms with E-state index in [2.05, 4.69) is 10.2 Å². The van der Waals surface area contributed by atoms with Gasteiger partial charge in [-0.05, 0) is 24.6 Å². The lowest BCUT2D eigenvalue weighted by Gasteiger charge is -2.19. The predicted molar refractivity (Wildman–Crippen MR) is 104 cm³/mol. The minimum Gasteiger partial charge on any atom is -0.493 e. The molecule has 0 bridgehead atoms. The van der Waals surface area contributed by atoms with Crippen molar-refractivity contribution in [2.75, 3.05) is 27.9 Å². The van der Waals surface area contributed by atoms with Crippen molar-refractivity contribution in [1.29, 1.82) is 0 Å². The highest BCUT2D eigenvalue weighted by Crippen LogP contribution is 2.42. The van der Waals surface area contributed by atoms with Crippen LogP contribution in [0.2, 0.25) is 0 Å². The molecule has 1 aromatic heterocycles. The number of ether oxygens (including phenoxy) is 4. The number of rotatable bonds is 10. The van der Waals surface area contributed by atoms with Crippen LogP contribution in [0.15, 0.2) is 16.9 Å². The molecule has 0 aliphatic carbocycles. The van der Waals surface area contributed by atoms with Gasteiger partial charge in [0.25, 0.3) is 5.56 Å². The lowest BCUT2D eigenvalue weighted by Crippen LogP contribution is -2.22. The Bertz CT molecular complexity index is 907. The van der Waals surface area contributed by atoms with E-state index in [4.69, 9.17) is 24.7 Å². The molecule has 0 radical (unpaired) electrons. The number of methoxy groups -OCH3 is 3. The van der Waals surface area contributed by atoms with Gasteiger partial charge >= 0.3 is 5.97 Å². The predicted octanol–water partition coefficient (Wildman–Crippen LogP) is 0.842.